The summed E-state index contributed by atoms with van der Waals surface area (Å²) in [5.74, 6) is 0.00948. The molecule has 0 unspecified atom stereocenters. The number of fused-ring (bicyclic) bond motifs is 1. The normalized spacial score (nSPS) is 14.9. The molecule has 2 heterocycles. The Morgan fingerprint density at radius 2 is 1.81 bits per heavy atom. The Bertz CT molecular complexity index is 1180. The van der Waals surface area contributed by atoms with Crippen molar-refractivity contribution in [1.82, 2.24) is 9.88 Å². The molecule has 1 aliphatic heterocycles. The number of aryl methyl sites for hydroxylation is 1. The molecule has 9 heteroatoms. The minimum Gasteiger partial charge on any atom is -0.345 e. The number of sulfone groups is 1. The third-order valence-electron chi connectivity index (χ3n) is 5.43. The van der Waals surface area contributed by atoms with E-state index in [-0.39, 0.29) is 18.1 Å². The number of rotatable bonds is 6. The number of piperazine rings is 1. The van der Waals surface area contributed by atoms with Gasteiger partial charge in [0.1, 0.15) is 0 Å². The van der Waals surface area contributed by atoms with E-state index in [9.17, 15) is 13.2 Å². The van der Waals surface area contributed by atoms with Crippen LogP contribution in [0.2, 0.25) is 0 Å². The van der Waals surface area contributed by atoms with Crippen molar-refractivity contribution in [2.75, 3.05) is 36.8 Å². The highest BCUT2D eigenvalue weighted by atomic mass is 79.9. The molecule has 0 atom stereocenters. The Kier molecular flexibility index (Phi) is 6.64. The highest BCUT2D eigenvalue weighted by molar-refractivity contribution is 9.10. The molecule has 2 aromatic carbocycles. The molecule has 0 aliphatic carbocycles. The summed E-state index contributed by atoms with van der Waals surface area (Å²) in [6, 6.07) is 12.9. The number of aromatic nitrogens is 1. The fourth-order valence-corrected chi connectivity index (χ4v) is 6.48. The van der Waals surface area contributed by atoms with Gasteiger partial charge in [0.2, 0.25) is 5.91 Å². The van der Waals surface area contributed by atoms with Gasteiger partial charge in [-0.15, -0.1) is 0 Å². The molecule has 1 saturated heterocycles. The first kappa shape index (κ1) is 22.2. The fraction of sp³-hybridized carbons (Fsp3) is 0.364. The van der Waals surface area contributed by atoms with E-state index >= 15 is 0 Å². The third kappa shape index (κ3) is 5.27. The van der Waals surface area contributed by atoms with Crippen molar-refractivity contribution >= 4 is 58.4 Å². The molecule has 1 amide bonds. The van der Waals surface area contributed by atoms with Gasteiger partial charge >= 0.3 is 0 Å². The van der Waals surface area contributed by atoms with Gasteiger partial charge in [-0.3, -0.25) is 4.79 Å². The average Bonchev–Trinajstić information content (AvgIpc) is 3.17. The van der Waals surface area contributed by atoms with E-state index in [2.05, 4.69) is 26.9 Å². The maximum atomic E-state index is 12.6. The quantitative estimate of drug-likeness (QED) is 0.484. The lowest BCUT2D eigenvalue weighted by Gasteiger charge is -2.34. The average molecular weight is 522 g/mol. The molecule has 6 nitrogen and oxygen atoms in total. The van der Waals surface area contributed by atoms with Crippen LogP contribution >= 0.6 is 27.3 Å². The summed E-state index contributed by atoms with van der Waals surface area (Å²) >= 11 is 5.15. The summed E-state index contributed by atoms with van der Waals surface area (Å²) in [5.41, 5.74) is 2.00. The summed E-state index contributed by atoms with van der Waals surface area (Å²) in [4.78, 5) is 21.7. The second kappa shape index (κ2) is 9.26. The van der Waals surface area contributed by atoms with Crippen molar-refractivity contribution in [2.24, 2.45) is 0 Å². The summed E-state index contributed by atoms with van der Waals surface area (Å²) in [6.45, 7) is 4.64. The number of amides is 1. The summed E-state index contributed by atoms with van der Waals surface area (Å²) in [6.07, 6.45) is 0.586. The lowest BCUT2D eigenvalue weighted by Crippen LogP contribution is -2.48. The van der Waals surface area contributed by atoms with E-state index < -0.39 is 9.84 Å². The molecule has 1 aromatic heterocycles. The van der Waals surface area contributed by atoms with E-state index in [1.807, 2.05) is 24.0 Å². The Balaban J connectivity index is 1.27. The predicted molar refractivity (Wildman–Crippen MR) is 129 cm³/mol. The minimum atomic E-state index is -3.35. The van der Waals surface area contributed by atoms with E-state index in [0.29, 0.717) is 24.4 Å². The van der Waals surface area contributed by atoms with Crippen LogP contribution in [0.1, 0.15) is 18.4 Å². The number of hydrogen-bond donors (Lipinski definition) is 0. The molecule has 0 saturated carbocycles. The number of benzene rings is 2. The van der Waals surface area contributed by atoms with E-state index in [1.54, 1.807) is 35.6 Å². The van der Waals surface area contributed by atoms with Crippen molar-refractivity contribution < 1.29 is 13.2 Å². The van der Waals surface area contributed by atoms with Crippen molar-refractivity contribution in [1.29, 1.82) is 0 Å². The molecular formula is C22H24BrN3O3S2. The van der Waals surface area contributed by atoms with Gasteiger partial charge < -0.3 is 9.80 Å². The molecule has 0 radical (unpaired) electrons. The smallest absolute Gasteiger partial charge is 0.222 e. The van der Waals surface area contributed by atoms with Gasteiger partial charge in [0.25, 0.3) is 0 Å². The molecule has 0 bridgehead atoms. The zero-order chi connectivity index (χ0) is 22.0. The Hall–Kier alpha value is -1.97. The summed E-state index contributed by atoms with van der Waals surface area (Å²) in [5, 5.41) is 0.976. The SMILES string of the molecule is Cc1ccc(S(=O)(=O)CCCC(=O)N2CCN(c3nc4ccc(Br)cc4s3)CC2)cc1. The van der Waals surface area contributed by atoms with Crippen molar-refractivity contribution in [2.45, 2.75) is 24.7 Å². The molecule has 1 fully saturated rings. The van der Waals surface area contributed by atoms with Crippen molar-refractivity contribution in [3.63, 3.8) is 0 Å². The zero-order valence-electron chi connectivity index (χ0n) is 17.3. The summed E-state index contributed by atoms with van der Waals surface area (Å²) < 4.78 is 27.1. The second-order valence-corrected chi connectivity index (χ2v) is 11.7. The Morgan fingerprint density at radius 1 is 1.10 bits per heavy atom. The van der Waals surface area contributed by atoms with Gasteiger partial charge in [0.15, 0.2) is 15.0 Å². The second-order valence-electron chi connectivity index (χ2n) is 7.71. The van der Waals surface area contributed by atoms with Crippen LogP contribution in [-0.2, 0) is 14.6 Å². The molecule has 0 N–H and O–H groups in total. The third-order valence-corrected chi connectivity index (χ3v) is 8.81. The lowest BCUT2D eigenvalue weighted by atomic mass is 10.2. The predicted octanol–water partition coefficient (Wildman–Crippen LogP) is 4.27. The highest BCUT2D eigenvalue weighted by Gasteiger charge is 2.23. The maximum Gasteiger partial charge on any atom is 0.222 e. The number of nitrogens with zero attached hydrogens (tertiary/aromatic N) is 3. The monoisotopic (exact) mass is 521 g/mol. The maximum absolute atomic E-state index is 12.6. The van der Waals surface area contributed by atoms with Crippen LogP contribution in [-0.4, -0.2) is 56.1 Å². The van der Waals surface area contributed by atoms with Crippen LogP contribution < -0.4 is 4.90 Å². The first-order valence-electron chi connectivity index (χ1n) is 10.2. The fourth-order valence-electron chi connectivity index (χ4n) is 3.60. The Morgan fingerprint density at radius 3 is 2.52 bits per heavy atom. The van der Waals surface area contributed by atoms with Crippen LogP contribution in [0, 0.1) is 6.92 Å². The van der Waals surface area contributed by atoms with Gasteiger partial charge in [-0.2, -0.15) is 0 Å². The number of thiazole rings is 1. The first-order valence-corrected chi connectivity index (χ1v) is 13.5. The molecule has 164 valence electrons. The van der Waals surface area contributed by atoms with Gasteiger partial charge in [0.05, 0.1) is 20.9 Å². The highest BCUT2D eigenvalue weighted by Crippen LogP contribution is 2.31. The topological polar surface area (TPSA) is 70.6 Å². The first-order chi connectivity index (χ1) is 14.8. The van der Waals surface area contributed by atoms with Crippen LogP contribution in [0.3, 0.4) is 0 Å². The van der Waals surface area contributed by atoms with Crippen molar-refractivity contribution in [3.05, 3.63) is 52.5 Å². The van der Waals surface area contributed by atoms with E-state index in [4.69, 9.17) is 4.98 Å². The molecule has 1 aliphatic rings. The summed E-state index contributed by atoms with van der Waals surface area (Å²) in [7, 11) is -3.35. The van der Waals surface area contributed by atoms with E-state index in [0.717, 1.165) is 38.5 Å². The van der Waals surface area contributed by atoms with Gasteiger partial charge in [-0.1, -0.05) is 45.0 Å². The molecular weight excluding hydrogens is 498 g/mol. The standard InChI is InChI=1S/C22H24BrN3O3S2/c1-16-4-7-18(8-5-16)31(28,29)14-2-3-21(27)25-10-12-26(13-11-25)22-24-19-9-6-17(23)15-20(19)30-22/h4-9,15H,2-3,10-14H2,1H3. The number of hydrogen-bond acceptors (Lipinski definition) is 6. The molecule has 3 aromatic rings. The van der Waals surface area contributed by atoms with Crippen LogP contribution in [0.4, 0.5) is 5.13 Å². The molecule has 0 spiro atoms. The minimum absolute atomic E-state index is 0.0109. The molecule has 4 rings (SSSR count). The van der Waals surface area contributed by atoms with Crippen molar-refractivity contribution in [3.8, 4) is 0 Å². The number of carbonyl (C=O) groups excluding carboxylic acids is 1. The molecule has 31 heavy (non-hydrogen) atoms. The van der Waals surface area contributed by atoms with Gasteiger partial charge in [0, 0.05) is 37.1 Å². The van der Waals surface area contributed by atoms with Crippen LogP contribution in [0.5, 0.6) is 0 Å². The van der Waals surface area contributed by atoms with Gasteiger partial charge in [-0.25, -0.2) is 13.4 Å². The van der Waals surface area contributed by atoms with Crippen LogP contribution in [0.15, 0.2) is 51.8 Å². The largest absolute Gasteiger partial charge is 0.345 e. The van der Waals surface area contributed by atoms with Gasteiger partial charge in [-0.05, 0) is 43.7 Å². The van der Waals surface area contributed by atoms with E-state index in [1.165, 1.54) is 0 Å². The number of halogens is 1. The number of anilines is 1. The number of carbonyl (C=O) groups is 1. The van der Waals surface area contributed by atoms with Crippen LogP contribution in [0.25, 0.3) is 10.2 Å². The lowest BCUT2D eigenvalue weighted by molar-refractivity contribution is -0.131. The zero-order valence-corrected chi connectivity index (χ0v) is 20.5. The Labute approximate surface area is 194 Å².